The van der Waals surface area contributed by atoms with Crippen LogP contribution < -0.4 is 16.1 Å². The summed E-state index contributed by atoms with van der Waals surface area (Å²) in [5.74, 6) is -0.281. The van der Waals surface area contributed by atoms with Crippen LogP contribution in [0.5, 0.6) is 0 Å². The SMILES string of the molecule is CC(C)(C)NC(=O)NC1CCN(C(=O)C2=NNC(=O)CC2)CC1. The van der Waals surface area contributed by atoms with Crippen molar-refractivity contribution in [1.82, 2.24) is 21.0 Å². The Morgan fingerprint density at radius 3 is 2.39 bits per heavy atom. The predicted octanol–water partition coefficient (Wildman–Crippen LogP) is 0.341. The van der Waals surface area contributed by atoms with Crippen molar-refractivity contribution < 1.29 is 14.4 Å². The minimum Gasteiger partial charge on any atom is -0.337 e. The lowest BCUT2D eigenvalue weighted by atomic mass is 10.0. The molecule has 23 heavy (non-hydrogen) atoms. The van der Waals surface area contributed by atoms with Gasteiger partial charge >= 0.3 is 6.03 Å². The van der Waals surface area contributed by atoms with Gasteiger partial charge in [0.2, 0.25) is 5.91 Å². The molecule has 0 aromatic rings. The van der Waals surface area contributed by atoms with Crippen LogP contribution >= 0.6 is 0 Å². The molecule has 0 atom stereocenters. The third kappa shape index (κ3) is 5.22. The molecule has 0 aliphatic carbocycles. The van der Waals surface area contributed by atoms with Crippen molar-refractivity contribution in [3.8, 4) is 0 Å². The number of likely N-dealkylation sites (tertiary alicyclic amines) is 1. The topological polar surface area (TPSA) is 103 Å². The van der Waals surface area contributed by atoms with E-state index in [1.54, 1.807) is 4.90 Å². The molecule has 2 heterocycles. The molecule has 4 amide bonds. The maximum absolute atomic E-state index is 12.3. The molecular formula is C15H25N5O3. The summed E-state index contributed by atoms with van der Waals surface area (Å²) in [5.41, 5.74) is 2.48. The molecule has 0 unspecified atom stereocenters. The second-order valence-electron chi connectivity index (χ2n) is 7.01. The van der Waals surface area contributed by atoms with E-state index in [0.717, 1.165) is 0 Å². The van der Waals surface area contributed by atoms with Crippen molar-refractivity contribution in [3.63, 3.8) is 0 Å². The van der Waals surface area contributed by atoms with Crippen LogP contribution in [0.25, 0.3) is 0 Å². The minimum atomic E-state index is -0.273. The van der Waals surface area contributed by atoms with Crippen LogP contribution in [0.1, 0.15) is 46.5 Å². The van der Waals surface area contributed by atoms with E-state index in [1.165, 1.54) is 0 Å². The Hall–Kier alpha value is -2.12. The smallest absolute Gasteiger partial charge is 0.315 e. The predicted molar refractivity (Wildman–Crippen MR) is 85.8 cm³/mol. The first-order chi connectivity index (χ1) is 10.7. The van der Waals surface area contributed by atoms with Crippen molar-refractivity contribution in [2.45, 2.75) is 58.0 Å². The quantitative estimate of drug-likeness (QED) is 0.683. The van der Waals surface area contributed by atoms with Crippen LogP contribution in [0.2, 0.25) is 0 Å². The fourth-order valence-corrected chi connectivity index (χ4v) is 2.60. The number of piperidine rings is 1. The Bertz CT molecular complexity index is 516. The first-order valence-electron chi connectivity index (χ1n) is 7.98. The second-order valence-corrected chi connectivity index (χ2v) is 7.01. The van der Waals surface area contributed by atoms with E-state index in [4.69, 9.17) is 0 Å². The highest BCUT2D eigenvalue weighted by Crippen LogP contribution is 2.13. The summed E-state index contributed by atoms with van der Waals surface area (Å²) in [5, 5.41) is 9.65. The van der Waals surface area contributed by atoms with Crippen LogP contribution in [-0.2, 0) is 9.59 Å². The molecule has 3 N–H and O–H groups in total. The summed E-state index contributed by atoms with van der Waals surface area (Å²) < 4.78 is 0. The van der Waals surface area contributed by atoms with Gasteiger partial charge in [0.15, 0.2) is 0 Å². The number of hydrogen-bond acceptors (Lipinski definition) is 4. The van der Waals surface area contributed by atoms with Crippen molar-refractivity contribution in [3.05, 3.63) is 0 Å². The van der Waals surface area contributed by atoms with E-state index in [9.17, 15) is 14.4 Å². The average Bonchev–Trinajstić information content (AvgIpc) is 2.46. The molecule has 1 saturated heterocycles. The average molecular weight is 323 g/mol. The lowest BCUT2D eigenvalue weighted by Crippen LogP contribution is -2.53. The Balaban J connectivity index is 1.78. The summed E-state index contributed by atoms with van der Waals surface area (Å²) in [6, 6.07) is -0.115. The molecule has 8 heteroatoms. The lowest BCUT2D eigenvalue weighted by molar-refractivity contribution is -0.125. The van der Waals surface area contributed by atoms with Gasteiger partial charge in [-0.25, -0.2) is 10.2 Å². The van der Waals surface area contributed by atoms with Gasteiger partial charge in [-0.15, -0.1) is 0 Å². The first kappa shape index (κ1) is 17.2. The molecule has 0 radical (unpaired) electrons. The Morgan fingerprint density at radius 1 is 1.22 bits per heavy atom. The van der Waals surface area contributed by atoms with Gasteiger partial charge in [0.1, 0.15) is 5.71 Å². The first-order valence-corrected chi connectivity index (χ1v) is 7.98. The molecule has 0 aromatic carbocycles. The lowest BCUT2D eigenvalue weighted by Gasteiger charge is -2.33. The third-order valence-corrected chi connectivity index (χ3v) is 3.76. The van der Waals surface area contributed by atoms with Gasteiger partial charge in [-0.05, 0) is 33.6 Å². The number of carbonyl (C=O) groups excluding carboxylic acids is 3. The zero-order chi connectivity index (χ0) is 17.0. The van der Waals surface area contributed by atoms with E-state index in [0.29, 0.717) is 44.5 Å². The number of rotatable bonds is 2. The minimum absolute atomic E-state index is 0.0643. The molecule has 2 aliphatic heterocycles. The van der Waals surface area contributed by atoms with Gasteiger partial charge in [-0.3, -0.25) is 9.59 Å². The monoisotopic (exact) mass is 323 g/mol. The Kier molecular flexibility index (Phi) is 5.23. The summed E-state index contributed by atoms with van der Waals surface area (Å²) in [6.45, 7) is 6.94. The molecule has 128 valence electrons. The standard InChI is InChI=1S/C15H25N5O3/c1-15(2,3)17-14(23)16-10-6-8-20(9-7-10)13(22)11-4-5-12(21)19-18-11/h10H,4-9H2,1-3H3,(H,19,21)(H2,16,17,23). The highest BCUT2D eigenvalue weighted by atomic mass is 16.2. The highest BCUT2D eigenvalue weighted by Gasteiger charge is 2.28. The summed E-state index contributed by atoms with van der Waals surface area (Å²) >= 11 is 0. The summed E-state index contributed by atoms with van der Waals surface area (Å²) in [6.07, 6.45) is 2.11. The molecule has 8 nitrogen and oxygen atoms in total. The maximum Gasteiger partial charge on any atom is 0.315 e. The fourth-order valence-electron chi connectivity index (χ4n) is 2.60. The van der Waals surface area contributed by atoms with E-state index in [1.807, 2.05) is 20.8 Å². The van der Waals surface area contributed by atoms with Gasteiger partial charge < -0.3 is 15.5 Å². The van der Waals surface area contributed by atoms with Gasteiger partial charge in [-0.2, -0.15) is 5.10 Å². The molecule has 2 rings (SSSR count). The molecule has 0 spiro atoms. The van der Waals surface area contributed by atoms with Gasteiger partial charge in [0, 0.05) is 37.5 Å². The maximum atomic E-state index is 12.3. The molecule has 0 aromatic heterocycles. The molecule has 2 aliphatic rings. The van der Waals surface area contributed by atoms with Gasteiger partial charge in [0.05, 0.1) is 0 Å². The zero-order valence-corrected chi connectivity index (χ0v) is 13.9. The number of nitrogens with zero attached hydrogens (tertiary/aromatic N) is 2. The van der Waals surface area contributed by atoms with Crippen molar-refractivity contribution in [1.29, 1.82) is 0 Å². The van der Waals surface area contributed by atoms with Crippen LogP contribution in [0.3, 0.4) is 0 Å². The third-order valence-electron chi connectivity index (χ3n) is 3.76. The largest absolute Gasteiger partial charge is 0.337 e. The second kappa shape index (κ2) is 6.97. The Labute approximate surface area is 136 Å². The summed E-state index contributed by atoms with van der Waals surface area (Å²) in [7, 11) is 0. The van der Waals surface area contributed by atoms with E-state index < -0.39 is 0 Å². The van der Waals surface area contributed by atoms with Crippen molar-refractivity contribution in [2.75, 3.05) is 13.1 Å². The number of hydrogen-bond donors (Lipinski definition) is 3. The Morgan fingerprint density at radius 2 is 1.87 bits per heavy atom. The number of nitrogens with one attached hydrogen (secondary N) is 3. The molecule has 0 saturated carbocycles. The number of hydrazone groups is 1. The molecule has 1 fully saturated rings. The van der Waals surface area contributed by atoms with Crippen molar-refractivity contribution in [2.24, 2.45) is 5.10 Å². The number of carbonyl (C=O) groups is 3. The summed E-state index contributed by atoms with van der Waals surface area (Å²) in [4.78, 5) is 37.0. The van der Waals surface area contributed by atoms with Gasteiger partial charge in [0.25, 0.3) is 5.91 Å². The van der Waals surface area contributed by atoms with Crippen LogP contribution in [0, 0.1) is 0 Å². The normalized spacial score (nSPS) is 19.7. The van der Waals surface area contributed by atoms with E-state index >= 15 is 0 Å². The molecule has 0 bridgehead atoms. The van der Waals surface area contributed by atoms with Crippen LogP contribution in [0.15, 0.2) is 5.10 Å². The van der Waals surface area contributed by atoms with E-state index in [-0.39, 0.29) is 29.4 Å². The van der Waals surface area contributed by atoms with Crippen LogP contribution in [0.4, 0.5) is 4.79 Å². The highest BCUT2D eigenvalue weighted by molar-refractivity contribution is 6.39. The van der Waals surface area contributed by atoms with Crippen LogP contribution in [-0.4, -0.2) is 53.1 Å². The number of urea groups is 1. The number of amides is 4. The molecular weight excluding hydrogens is 298 g/mol. The van der Waals surface area contributed by atoms with E-state index in [2.05, 4.69) is 21.2 Å². The fraction of sp³-hybridized carbons (Fsp3) is 0.733. The van der Waals surface area contributed by atoms with Gasteiger partial charge in [-0.1, -0.05) is 0 Å². The zero-order valence-electron chi connectivity index (χ0n) is 13.9. The van der Waals surface area contributed by atoms with Crippen molar-refractivity contribution >= 4 is 23.6 Å².